The summed E-state index contributed by atoms with van der Waals surface area (Å²) in [4.78, 5) is 0. The monoisotopic (exact) mass is 279 g/mol. The maximum Gasteiger partial charge on any atom is 0.0426 e. The smallest absolute Gasteiger partial charge is 0.0426 e. The Labute approximate surface area is 123 Å². The Kier molecular flexibility index (Phi) is 2.51. The standard InChI is InChI=1S/C18H14ClN/c19-13-7-9-15(17(20)10-13)14-8-6-12-5-4-11-2-1-3-16(14)18(11)12/h1-3,6-10H,4-5,20H2. The van der Waals surface area contributed by atoms with Gasteiger partial charge in [-0.2, -0.15) is 0 Å². The molecule has 4 rings (SSSR count). The minimum absolute atomic E-state index is 0.678. The number of nitrogens with two attached hydrogens (primary N) is 1. The maximum absolute atomic E-state index is 6.15. The van der Waals surface area contributed by atoms with E-state index in [4.69, 9.17) is 17.3 Å². The first-order chi connectivity index (χ1) is 9.74. The lowest BCUT2D eigenvalue weighted by atomic mass is 9.94. The first-order valence-electron chi connectivity index (χ1n) is 6.83. The molecule has 0 saturated carbocycles. The van der Waals surface area contributed by atoms with Crippen molar-refractivity contribution in [3.05, 3.63) is 64.7 Å². The second-order valence-electron chi connectivity index (χ2n) is 5.34. The van der Waals surface area contributed by atoms with Crippen LogP contribution in [0.2, 0.25) is 5.02 Å². The Hall–Kier alpha value is -1.99. The summed E-state index contributed by atoms with van der Waals surface area (Å²) in [5.74, 6) is 0. The molecule has 0 radical (unpaired) electrons. The molecule has 0 spiro atoms. The summed E-state index contributed by atoms with van der Waals surface area (Å²) >= 11 is 6.00. The van der Waals surface area contributed by atoms with Crippen LogP contribution in [0.3, 0.4) is 0 Å². The number of anilines is 1. The van der Waals surface area contributed by atoms with Gasteiger partial charge in [-0.05, 0) is 52.4 Å². The lowest BCUT2D eigenvalue weighted by molar-refractivity contribution is 1.02. The molecule has 1 aliphatic carbocycles. The first-order valence-corrected chi connectivity index (χ1v) is 7.21. The summed E-state index contributed by atoms with van der Waals surface area (Å²) in [5.41, 5.74) is 12.0. The molecule has 0 saturated heterocycles. The number of rotatable bonds is 1. The fourth-order valence-electron chi connectivity index (χ4n) is 3.26. The Balaban J connectivity index is 2.06. The van der Waals surface area contributed by atoms with E-state index in [1.165, 1.54) is 27.5 Å². The van der Waals surface area contributed by atoms with E-state index < -0.39 is 0 Å². The topological polar surface area (TPSA) is 26.0 Å². The van der Waals surface area contributed by atoms with Gasteiger partial charge in [0.1, 0.15) is 0 Å². The van der Waals surface area contributed by atoms with Crippen LogP contribution in [0, 0.1) is 0 Å². The van der Waals surface area contributed by atoms with E-state index in [2.05, 4.69) is 30.3 Å². The summed E-state index contributed by atoms with van der Waals surface area (Å²) < 4.78 is 0. The van der Waals surface area contributed by atoms with Crippen molar-refractivity contribution in [2.24, 2.45) is 0 Å². The molecule has 1 aliphatic rings. The van der Waals surface area contributed by atoms with Crippen LogP contribution in [-0.4, -0.2) is 0 Å². The molecule has 2 heteroatoms. The van der Waals surface area contributed by atoms with Crippen molar-refractivity contribution in [3.63, 3.8) is 0 Å². The number of aryl methyl sites for hydroxylation is 2. The average molecular weight is 280 g/mol. The highest BCUT2D eigenvalue weighted by Gasteiger charge is 2.17. The van der Waals surface area contributed by atoms with Gasteiger partial charge in [-0.25, -0.2) is 0 Å². The largest absolute Gasteiger partial charge is 0.398 e. The van der Waals surface area contributed by atoms with Crippen molar-refractivity contribution < 1.29 is 0 Å². The van der Waals surface area contributed by atoms with Gasteiger partial charge in [0.2, 0.25) is 0 Å². The molecular formula is C18H14ClN. The minimum Gasteiger partial charge on any atom is -0.398 e. The zero-order valence-corrected chi connectivity index (χ0v) is 11.7. The normalized spacial score (nSPS) is 13.1. The van der Waals surface area contributed by atoms with Gasteiger partial charge in [-0.15, -0.1) is 0 Å². The van der Waals surface area contributed by atoms with Crippen LogP contribution in [-0.2, 0) is 12.8 Å². The Morgan fingerprint density at radius 2 is 1.60 bits per heavy atom. The Bertz CT molecular complexity index is 826. The van der Waals surface area contributed by atoms with Crippen molar-refractivity contribution in [2.45, 2.75) is 12.8 Å². The zero-order valence-electron chi connectivity index (χ0n) is 11.0. The first kappa shape index (κ1) is 11.8. The van der Waals surface area contributed by atoms with Crippen molar-refractivity contribution >= 4 is 28.1 Å². The van der Waals surface area contributed by atoms with E-state index in [0.29, 0.717) is 5.02 Å². The summed E-state index contributed by atoms with van der Waals surface area (Å²) in [6.45, 7) is 0. The highest BCUT2D eigenvalue weighted by atomic mass is 35.5. The third-order valence-electron chi connectivity index (χ3n) is 4.18. The van der Waals surface area contributed by atoms with Crippen LogP contribution in [0.5, 0.6) is 0 Å². The fraction of sp³-hybridized carbons (Fsp3) is 0.111. The molecule has 98 valence electrons. The molecule has 0 atom stereocenters. The molecule has 3 aromatic carbocycles. The molecule has 1 nitrogen and oxygen atoms in total. The molecule has 0 aliphatic heterocycles. The number of hydrogen-bond donors (Lipinski definition) is 1. The average Bonchev–Trinajstić information content (AvgIpc) is 2.86. The van der Waals surface area contributed by atoms with Gasteiger partial charge >= 0.3 is 0 Å². The quantitative estimate of drug-likeness (QED) is 0.634. The zero-order chi connectivity index (χ0) is 13.7. The molecule has 0 fully saturated rings. The molecule has 2 N–H and O–H groups in total. The van der Waals surface area contributed by atoms with Crippen LogP contribution in [0.15, 0.2) is 48.5 Å². The third-order valence-corrected chi connectivity index (χ3v) is 4.42. The van der Waals surface area contributed by atoms with Crippen molar-refractivity contribution in [2.75, 3.05) is 5.73 Å². The van der Waals surface area contributed by atoms with E-state index in [1.807, 2.05) is 18.2 Å². The summed E-state index contributed by atoms with van der Waals surface area (Å²) in [5, 5.41) is 3.39. The number of hydrogen-bond acceptors (Lipinski definition) is 1. The van der Waals surface area contributed by atoms with Gasteiger partial charge in [0, 0.05) is 16.3 Å². The molecule has 0 bridgehead atoms. The number of benzene rings is 3. The lowest BCUT2D eigenvalue weighted by Gasteiger charge is -2.11. The van der Waals surface area contributed by atoms with Gasteiger partial charge in [0.15, 0.2) is 0 Å². The van der Waals surface area contributed by atoms with E-state index in [1.54, 1.807) is 0 Å². The summed E-state index contributed by atoms with van der Waals surface area (Å²) in [6.07, 6.45) is 2.29. The predicted molar refractivity (Wildman–Crippen MR) is 86.2 cm³/mol. The second kappa shape index (κ2) is 4.26. The molecule has 3 aromatic rings. The minimum atomic E-state index is 0.678. The molecule has 0 heterocycles. The van der Waals surface area contributed by atoms with E-state index in [9.17, 15) is 0 Å². The molecule has 0 aromatic heterocycles. The SMILES string of the molecule is Nc1cc(Cl)ccc1-c1ccc2c3c(cccc13)CC2. The fourth-order valence-corrected chi connectivity index (χ4v) is 3.44. The second-order valence-corrected chi connectivity index (χ2v) is 5.78. The Morgan fingerprint density at radius 3 is 2.40 bits per heavy atom. The van der Waals surface area contributed by atoms with E-state index >= 15 is 0 Å². The Morgan fingerprint density at radius 1 is 0.850 bits per heavy atom. The third kappa shape index (κ3) is 1.63. The number of halogens is 1. The highest BCUT2D eigenvalue weighted by molar-refractivity contribution is 6.31. The van der Waals surface area contributed by atoms with Gasteiger partial charge in [-0.1, -0.05) is 48.0 Å². The van der Waals surface area contributed by atoms with Crippen molar-refractivity contribution in [3.8, 4) is 11.1 Å². The molecule has 0 amide bonds. The van der Waals surface area contributed by atoms with Crippen LogP contribution in [0.25, 0.3) is 21.9 Å². The van der Waals surface area contributed by atoms with Crippen molar-refractivity contribution in [1.29, 1.82) is 0 Å². The van der Waals surface area contributed by atoms with Gasteiger partial charge in [-0.3, -0.25) is 0 Å². The molecular weight excluding hydrogens is 266 g/mol. The molecule has 20 heavy (non-hydrogen) atoms. The van der Waals surface area contributed by atoms with Crippen LogP contribution >= 0.6 is 11.6 Å². The van der Waals surface area contributed by atoms with Gasteiger partial charge in [0.25, 0.3) is 0 Å². The van der Waals surface area contributed by atoms with Gasteiger partial charge < -0.3 is 5.73 Å². The predicted octanol–water partition coefficient (Wildman–Crippen LogP) is 4.84. The van der Waals surface area contributed by atoms with Crippen LogP contribution < -0.4 is 5.73 Å². The highest BCUT2D eigenvalue weighted by Crippen LogP contribution is 2.39. The maximum atomic E-state index is 6.15. The van der Waals surface area contributed by atoms with Crippen LogP contribution in [0.1, 0.15) is 11.1 Å². The molecule has 0 unspecified atom stereocenters. The van der Waals surface area contributed by atoms with Crippen LogP contribution in [0.4, 0.5) is 5.69 Å². The lowest BCUT2D eigenvalue weighted by Crippen LogP contribution is -1.91. The summed E-state index contributed by atoms with van der Waals surface area (Å²) in [7, 11) is 0. The van der Waals surface area contributed by atoms with E-state index in [-0.39, 0.29) is 0 Å². The van der Waals surface area contributed by atoms with Gasteiger partial charge in [0.05, 0.1) is 0 Å². The van der Waals surface area contributed by atoms with E-state index in [0.717, 1.165) is 24.1 Å². The number of nitrogen functional groups attached to an aromatic ring is 1. The van der Waals surface area contributed by atoms with Crippen molar-refractivity contribution in [1.82, 2.24) is 0 Å². The summed E-state index contributed by atoms with van der Waals surface area (Å²) in [6, 6.07) is 16.7.